The highest BCUT2D eigenvalue weighted by atomic mass is 19.1. The summed E-state index contributed by atoms with van der Waals surface area (Å²) < 4.78 is 12.9. The van der Waals surface area contributed by atoms with Crippen LogP contribution in [-0.2, 0) is 4.79 Å². The fourth-order valence-electron chi connectivity index (χ4n) is 2.42. The van der Waals surface area contributed by atoms with Crippen molar-refractivity contribution in [3.63, 3.8) is 0 Å². The highest BCUT2D eigenvalue weighted by Crippen LogP contribution is 2.17. The monoisotopic (exact) mass is 344 g/mol. The Morgan fingerprint density at radius 1 is 1.12 bits per heavy atom. The van der Waals surface area contributed by atoms with Gasteiger partial charge in [-0.25, -0.2) is 4.39 Å². The molecule has 2 aromatic carbocycles. The molecule has 2 atom stereocenters. The van der Waals surface area contributed by atoms with Crippen LogP contribution in [0.5, 0.6) is 0 Å². The number of aliphatic hydroxyl groups is 1. The van der Waals surface area contributed by atoms with E-state index in [-0.39, 0.29) is 18.4 Å². The molecule has 2 rings (SSSR count). The number of hydrogen-bond donors (Lipinski definition) is 2. The van der Waals surface area contributed by atoms with Gasteiger partial charge in [0.25, 0.3) is 5.91 Å². The number of carbonyl (C=O) groups is 2. The van der Waals surface area contributed by atoms with E-state index < -0.39 is 18.0 Å². The smallest absolute Gasteiger partial charge is 0.254 e. The summed E-state index contributed by atoms with van der Waals surface area (Å²) in [5.41, 5.74) is 1.00. The summed E-state index contributed by atoms with van der Waals surface area (Å²) in [7, 11) is 1.54. The van der Waals surface area contributed by atoms with Crippen LogP contribution in [0.1, 0.15) is 28.9 Å². The molecular formula is C19H21FN2O3. The lowest BCUT2D eigenvalue weighted by Crippen LogP contribution is -2.43. The summed E-state index contributed by atoms with van der Waals surface area (Å²) in [5, 5.41) is 12.9. The number of hydrogen-bond acceptors (Lipinski definition) is 3. The molecule has 132 valence electrons. The van der Waals surface area contributed by atoms with Gasteiger partial charge in [0.1, 0.15) is 5.82 Å². The predicted octanol–water partition coefficient (Wildman–Crippen LogP) is 2.14. The Hall–Kier alpha value is -2.73. The van der Waals surface area contributed by atoms with E-state index in [1.807, 2.05) is 6.07 Å². The van der Waals surface area contributed by atoms with Crippen LogP contribution in [0.15, 0.2) is 54.6 Å². The van der Waals surface area contributed by atoms with Crippen molar-refractivity contribution in [3.05, 3.63) is 71.5 Å². The van der Waals surface area contributed by atoms with Crippen molar-refractivity contribution in [2.45, 2.75) is 19.1 Å². The fourth-order valence-corrected chi connectivity index (χ4v) is 2.42. The molecule has 2 aromatic rings. The molecule has 0 radical (unpaired) electrons. The van der Waals surface area contributed by atoms with Crippen LogP contribution >= 0.6 is 0 Å². The topological polar surface area (TPSA) is 69.6 Å². The van der Waals surface area contributed by atoms with Crippen molar-refractivity contribution in [2.24, 2.45) is 0 Å². The number of carbonyl (C=O) groups excluding carboxylic acids is 2. The minimum Gasteiger partial charge on any atom is -0.386 e. The number of benzene rings is 2. The zero-order valence-electron chi connectivity index (χ0n) is 14.1. The van der Waals surface area contributed by atoms with Gasteiger partial charge in [-0.15, -0.1) is 0 Å². The number of rotatable bonds is 6. The summed E-state index contributed by atoms with van der Waals surface area (Å²) >= 11 is 0. The van der Waals surface area contributed by atoms with Crippen LogP contribution in [0.3, 0.4) is 0 Å². The predicted molar refractivity (Wildman–Crippen MR) is 92.4 cm³/mol. The third kappa shape index (κ3) is 5.12. The molecule has 2 unspecified atom stereocenters. The van der Waals surface area contributed by atoms with Gasteiger partial charge in [0, 0.05) is 12.6 Å². The zero-order valence-corrected chi connectivity index (χ0v) is 14.1. The van der Waals surface area contributed by atoms with Crippen LogP contribution in [0.25, 0.3) is 0 Å². The summed E-state index contributed by atoms with van der Waals surface area (Å²) in [6, 6.07) is 13.5. The van der Waals surface area contributed by atoms with Crippen molar-refractivity contribution >= 4 is 11.8 Å². The Kier molecular flexibility index (Phi) is 6.25. The van der Waals surface area contributed by atoms with Gasteiger partial charge in [-0.3, -0.25) is 9.59 Å². The molecule has 0 saturated heterocycles. The van der Waals surface area contributed by atoms with E-state index in [1.165, 1.54) is 36.2 Å². The molecule has 0 aliphatic carbocycles. The van der Waals surface area contributed by atoms with Crippen molar-refractivity contribution < 1.29 is 19.1 Å². The van der Waals surface area contributed by atoms with Gasteiger partial charge in [-0.05, 0) is 36.8 Å². The lowest BCUT2D eigenvalue weighted by atomic mass is 10.0. The fraction of sp³-hybridized carbons (Fsp3) is 0.263. The maximum atomic E-state index is 12.9. The van der Waals surface area contributed by atoms with Crippen LogP contribution in [0.4, 0.5) is 4.39 Å². The maximum Gasteiger partial charge on any atom is 0.254 e. The largest absolute Gasteiger partial charge is 0.386 e. The van der Waals surface area contributed by atoms with E-state index >= 15 is 0 Å². The molecule has 0 fully saturated rings. The van der Waals surface area contributed by atoms with Gasteiger partial charge in [0.15, 0.2) is 0 Å². The van der Waals surface area contributed by atoms with Gasteiger partial charge in [-0.2, -0.15) is 0 Å². The van der Waals surface area contributed by atoms with Gasteiger partial charge in [-0.1, -0.05) is 30.3 Å². The lowest BCUT2D eigenvalue weighted by molar-refractivity contribution is -0.123. The minimum absolute atomic E-state index is 0.131. The second-order valence-corrected chi connectivity index (χ2v) is 5.88. The van der Waals surface area contributed by atoms with Crippen molar-refractivity contribution in [2.75, 3.05) is 13.6 Å². The SMILES string of the molecule is CC(NC(=O)CN(C)C(=O)c1ccccc1)C(O)c1ccc(F)cc1. The van der Waals surface area contributed by atoms with E-state index in [2.05, 4.69) is 5.32 Å². The van der Waals surface area contributed by atoms with Crippen molar-refractivity contribution in [1.29, 1.82) is 0 Å². The van der Waals surface area contributed by atoms with E-state index in [9.17, 15) is 19.1 Å². The van der Waals surface area contributed by atoms with Gasteiger partial charge in [0.05, 0.1) is 18.7 Å². The summed E-state index contributed by atoms with van der Waals surface area (Å²) in [5.74, 6) is -1.04. The summed E-state index contributed by atoms with van der Waals surface area (Å²) in [4.78, 5) is 25.6. The highest BCUT2D eigenvalue weighted by molar-refractivity contribution is 5.96. The van der Waals surface area contributed by atoms with Crippen molar-refractivity contribution in [1.82, 2.24) is 10.2 Å². The van der Waals surface area contributed by atoms with Crippen LogP contribution < -0.4 is 5.32 Å². The Bertz CT molecular complexity index is 719. The average molecular weight is 344 g/mol. The molecule has 5 nitrogen and oxygen atoms in total. The molecule has 0 heterocycles. The quantitative estimate of drug-likeness (QED) is 0.843. The third-order valence-corrected chi connectivity index (χ3v) is 3.82. The van der Waals surface area contributed by atoms with Crippen LogP contribution in [-0.4, -0.2) is 41.5 Å². The Morgan fingerprint density at radius 3 is 2.32 bits per heavy atom. The minimum atomic E-state index is -0.973. The molecule has 2 amide bonds. The first-order valence-corrected chi connectivity index (χ1v) is 7.92. The zero-order chi connectivity index (χ0) is 18.4. The molecule has 0 bridgehead atoms. The molecule has 6 heteroatoms. The number of amides is 2. The van der Waals surface area contributed by atoms with E-state index in [0.717, 1.165) is 0 Å². The van der Waals surface area contributed by atoms with Crippen molar-refractivity contribution in [3.8, 4) is 0 Å². The number of nitrogens with zero attached hydrogens (tertiary/aromatic N) is 1. The first-order chi connectivity index (χ1) is 11.9. The summed E-state index contributed by atoms with van der Waals surface area (Å²) in [6.07, 6.45) is -0.973. The van der Waals surface area contributed by atoms with Crippen LogP contribution in [0, 0.1) is 5.82 Å². The van der Waals surface area contributed by atoms with E-state index in [4.69, 9.17) is 0 Å². The highest BCUT2D eigenvalue weighted by Gasteiger charge is 2.20. The number of nitrogens with one attached hydrogen (secondary N) is 1. The lowest BCUT2D eigenvalue weighted by Gasteiger charge is -2.23. The normalized spacial score (nSPS) is 13.0. The second kappa shape index (κ2) is 8.39. The molecule has 25 heavy (non-hydrogen) atoms. The first-order valence-electron chi connectivity index (χ1n) is 7.92. The molecule has 0 aliphatic heterocycles. The van der Waals surface area contributed by atoms with Gasteiger partial charge < -0.3 is 15.3 Å². The summed E-state index contributed by atoms with van der Waals surface area (Å²) in [6.45, 7) is 1.51. The number of halogens is 1. The molecule has 0 spiro atoms. The van der Waals surface area contributed by atoms with E-state index in [1.54, 1.807) is 31.2 Å². The molecular weight excluding hydrogens is 323 g/mol. The molecule has 0 saturated carbocycles. The van der Waals surface area contributed by atoms with Gasteiger partial charge in [0.2, 0.25) is 5.91 Å². The standard InChI is InChI=1S/C19H21FN2O3/c1-13(18(24)14-8-10-16(20)11-9-14)21-17(23)12-22(2)19(25)15-6-4-3-5-7-15/h3-11,13,18,24H,12H2,1-2H3,(H,21,23). The Balaban J connectivity index is 1.90. The molecule has 2 N–H and O–H groups in total. The molecule has 0 aliphatic rings. The van der Waals surface area contributed by atoms with Gasteiger partial charge >= 0.3 is 0 Å². The first kappa shape index (κ1) is 18.6. The van der Waals surface area contributed by atoms with Crippen LogP contribution in [0.2, 0.25) is 0 Å². The number of aliphatic hydroxyl groups excluding tert-OH is 1. The second-order valence-electron chi connectivity index (χ2n) is 5.88. The Morgan fingerprint density at radius 2 is 1.72 bits per heavy atom. The maximum absolute atomic E-state index is 12.9. The number of likely N-dealkylation sites (N-methyl/N-ethyl adjacent to an activating group) is 1. The third-order valence-electron chi connectivity index (χ3n) is 3.82. The Labute approximate surface area is 146 Å². The molecule has 0 aromatic heterocycles. The average Bonchev–Trinajstić information content (AvgIpc) is 2.61. The van der Waals surface area contributed by atoms with E-state index in [0.29, 0.717) is 11.1 Å².